The Labute approximate surface area is 161 Å². The van der Waals surface area contributed by atoms with Gasteiger partial charge in [-0.05, 0) is 30.9 Å². The number of hydrogen-bond donors (Lipinski definition) is 3. The predicted molar refractivity (Wildman–Crippen MR) is 110 cm³/mol. The third kappa shape index (κ3) is 3.59. The Bertz CT molecular complexity index is 823. The van der Waals surface area contributed by atoms with Gasteiger partial charge in [-0.15, -0.1) is 0 Å². The number of carbonyl (C=O) groups is 1. The molecule has 144 valence electrons. The summed E-state index contributed by atoms with van der Waals surface area (Å²) in [5.74, 6) is 0.319. The number of anilines is 1. The number of phenols is 1. The molecule has 2 atom stereocenters. The normalized spacial score (nSPS) is 22.3. The van der Waals surface area contributed by atoms with E-state index in [1.807, 2.05) is 0 Å². The molecule has 5 nitrogen and oxygen atoms in total. The lowest BCUT2D eigenvalue weighted by Gasteiger charge is -2.37. The Hall–Kier alpha value is -2.69. The molecular weight excluding hydrogens is 338 g/mol. The molecule has 1 fully saturated rings. The van der Waals surface area contributed by atoms with Crippen molar-refractivity contribution >= 4 is 11.6 Å². The van der Waals surface area contributed by atoms with Gasteiger partial charge in [0.2, 0.25) is 0 Å². The molecule has 1 aromatic rings. The molecule has 2 unspecified atom stereocenters. The molecule has 27 heavy (non-hydrogen) atoms. The van der Waals surface area contributed by atoms with E-state index < -0.39 is 0 Å². The molecule has 0 radical (unpaired) electrons. The van der Waals surface area contributed by atoms with Gasteiger partial charge in [-0.2, -0.15) is 0 Å². The number of aromatic hydroxyl groups is 1. The lowest BCUT2D eigenvalue weighted by Crippen LogP contribution is -2.41. The van der Waals surface area contributed by atoms with E-state index in [0.29, 0.717) is 17.6 Å². The minimum absolute atomic E-state index is 0.0561. The number of rotatable bonds is 5. The summed E-state index contributed by atoms with van der Waals surface area (Å²) in [5.41, 5.74) is 4.28. The molecule has 0 saturated heterocycles. The van der Waals surface area contributed by atoms with E-state index in [0.717, 1.165) is 29.0 Å². The standard InChI is InChI=1S/C22H29N3O2/c1-13-9-6-7-11-17(13)23-19-14(2)15(3)20(19)24-18-12-8-10-16(21(18)26)22(27)25(4)5/h8,10,12-13,17,23-24,26H,2-3,6-7,9,11H2,1,4-5H3. The number of nitrogens with zero attached hydrogens (tertiary/aromatic N) is 1. The monoisotopic (exact) mass is 367 g/mol. The van der Waals surface area contributed by atoms with Crippen molar-refractivity contribution in [2.24, 2.45) is 5.92 Å². The Balaban J connectivity index is 1.86. The molecule has 0 aromatic heterocycles. The summed E-state index contributed by atoms with van der Waals surface area (Å²) >= 11 is 0. The van der Waals surface area contributed by atoms with Crippen LogP contribution in [0.5, 0.6) is 5.75 Å². The second-order valence-corrected chi connectivity index (χ2v) is 7.75. The van der Waals surface area contributed by atoms with Gasteiger partial charge in [-0.3, -0.25) is 4.79 Å². The van der Waals surface area contributed by atoms with Gasteiger partial charge in [0.15, 0.2) is 5.75 Å². The van der Waals surface area contributed by atoms with E-state index in [1.165, 1.54) is 24.2 Å². The van der Waals surface area contributed by atoms with Crippen LogP contribution in [0.3, 0.4) is 0 Å². The Kier molecular flexibility index (Phi) is 5.31. The summed E-state index contributed by atoms with van der Waals surface area (Å²) in [5, 5.41) is 17.5. The van der Waals surface area contributed by atoms with Gasteiger partial charge in [0.05, 0.1) is 22.6 Å². The zero-order valence-electron chi connectivity index (χ0n) is 16.4. The van der Waals surface area contributed by atoms with Gasteiger partial charge >= 0.3 is 0 Å². The molecule has 1 saturated carbocycles. The van der Waals surface area contributed by atoms with E-state index in [9.17, 15) is 9.90 Å². The minimum Gasteiger partial charge on any atom is -0.505 e. The summed E-state index contributed by atoms with van der Waals surface area (Å²) in [6.45, 7) is 10.5. The van der Waals surface area contributed by atoms with Gasteiger partial charge in [-0.25, -0.2) is 0 Å². The van der Waals surface area contributed by atoms with Gasteiger partial charge < -0.3 is 20.6 Å². The van der Waals surface area contributed by atoms with E-state index in [-0.39, 0.29) is 17.2 Å². The summed E-state index contributed by atoms with van der Waals surface area (Å²) in [7, 11) is 3.32. The van der Waals surface area contributed by atoms with Crippen LogP contribution in [0.1, 0.15) is 43.0 Å². The molecule has 0 spiro atoms. The molecule has 3 N–H and O–H groups in total. The first-order chi connectivity index (χ1) is 12.8. The quantitative estimate of drug-likeness (QED) is 0.688. The molecule has 2 aliphatic rings. The van der Waals surface area contributed by atoms with Gasteiger partial charge in [-0.1, -0.05) is 39.0 Å². The van der Waals surface area contributed by atoms with Crippen LogP contribution in [0.25, 0.3) is 0 Å². The van der Waals surface area contributed by atoms with Crippen LogP contribution in [0.2, 0.25) is 0 Å². The number of nitrogens with one attached hydrogen (secondary N) is 2. The van der Waals surface area contributed by atoms with Crippen molar-refractivity contribution in [1.29, 1.82) is 0 Å². The molecule has 1 amide bonds. The maximum Gasteiger partial charge on any atom is 0.257 e. The highest BCUT2D eigenvalue weighted by atomic mass is 16.3. The lowest BCUT2D eigenvalue weighted by molar-refractivity contribution is 0.0824. The van der Waals surface area contributed by atoms with E-state index >= 15 is 0 Å². The van der Waals surface area contributed by atoms with E-state index in [1.54, 1.807) is 32.3 Å². The van der Waals surface area contributed by atoms with E-state index in [2.05, 4.69) is 30.7 Å². The smallest absolute Gasteiger partial charge is 0.257 e. The first-order valence-corrected chi connectivity index (χ1v) is 9.51. The molecule has 0 heterocycles. The first-order valence-electron chi connectivity index (χ1n) is 9.51. The number of allylic oxidation sites excluding steroid dienone is 2. The topological polar surface area (TPSA) is 64.6 Å². The van der Waals surface area contributed by atoms with Crippen molar-refractivity contribution in [3.05, 3.63) is 59.5 Å². The Morgan fingerprint density at radius 3 is 2.48 bits per heavy atom. The third-order valence-corrected chi connectivity index (χ3v) is 5.59. The molecular formula is C22H29N3O2. The summed E-state index contributed by atoms with van der Waals surface area (Å²) in [6.07, 6.45) is 4.91. The lowest BCUT2D eigenvalue weighted by atomic mass is 9.83. The van der Waals surface area contributed by atoms with Crippen LogP contribution in [0.15, 0.2) is 53.9 Å². The number of carbonyl (C=O) groups excluding carboxylic acids is 1. The average molecular weight is 367 g/mol. The fraction of sp³-hybridized carbons (Fsp3) is 0.409. The van der Waals surface area contributed by atoms with Crippen LogP contribution >= 0.6 is 0 Å². The van der Waals surface area contributed by atoms with Crippen molar-refractivity contribution < 1.29 is 9.90 Å². The summed E-state index contributed by atoms with van der Waals surface area (Å²) in [4.78, 5) is 13.7. The molecule has 3 rings (SSSR count). The van der Waals surface area contributed by atoms with Gasteiger partial charge in [0.25, 0.3) is 5.91 Å². The zero-order chi connectivity index (χ0) is 19.7. The highest BCUT2D eigenvalue weighted by Crippen LogP contribution is 2.40. The maximum atomic E-state index is 12.2. The van der Waals surface area contributed by atoms with Crippen molar-refractivity contribution in [3.8, 4) is 5.75 Å². The first kappa shape index (κ1) is 19.1. The van der Waals surface area contributed by atoms with Crippen molar-refractivity contribution in [2.45, 2.75) is 38.6 Å². The largest absolute Gasteiger partial charge is 0.505 e. The molecule has 0 bridgehead atoms. The van der Waals surface area contributed by atoms with Crippen molar-refractivity contribution in [3.63, 3.8) is 0 Å². The zero-order valence-corrected chi connectivity index (χ0v) is 16.4. The highest BCUT2D eigenvalue weighted by Gasteiger charge is 2.31. The molecule has 5 heteroatoms. The second kappa shape index (κ2) is 7.51. The van der Waals surface area contributed by atoms with Crippen LogP contribution in [-0.4, -0.2) is 36.1 Å². The fourth-order valence-electron chi connectivity index (χ4n) is 3.75. The van der Waals surface area contributed by atoms with Gasteiger partial charge in [0, 0.05) is 31.3 Å². The molecule has 2 aliphatic carbocycles. The van der Waals surface area contributed by atoms with Crippen LogP contribution in [-0.2, 0) is 0 Å². The minimum atomic E-state index is -0.239. The number of benzene rings is 1. The fourth-order valence-corrected chi connectivity index (χ4v) is 3.75. The van der Waals surface area contributed by atoms with Gasteiger partial charge in [0.1, 0.15) is 0 Å². The van der Waals surface area contributed by atoms with Crippen LogP contribution in [0.4, 0.5) is 5.69 Å². The van der Waals surface area contributed by atoms with Crippen molar-refractivity contribution in [2.75, 3.05) is 19.4 Å². The highest BCUT2D eigenvalue weighted by molar-refractivity contribution is 5.98. The van der Waals surface area contributed by atoms with E-state index in [4.69, 9.17) is 0 Å². The van der Waals surface area contributed by atoms with Crippen LogP contribution < -0.4 is 10.6 Å². The third-order valence-electron chi connectivity index (χ3n) is 5.59. The number of para-hydroxylation sites is 1. The van der Waals surface area contributed by atoms with Crippen molar-refractivity contribution in [1.82, 2.24) is 10.2 Å². The molecule has 1 aromatic carbocycles. The Morgan fingerprint density at radius 2 is 1.81 bits per heavy atom. The summed E-state index contributed by atoms with van der Waals surface area (Å²) < 4.78 is 0. The molecule has 0 aliphatic heterocycles. The second-order valence-electron chi connectivity index (χ2n) is 7.75. The SMILES string of the molecule is C=C1C(=C)C(NC2CCCCC2C)=C1Nc1cccc(C(=O)N(C)C)c1O. The number of amides is 1. The predicted octanol–water partition coefficient (Wildman–Crippen LogP) is 4.01. The average Bonchev–Trinajstić information content (AvgIpc) is 2.66. The van der Waals surface area contributed by atoms with Crippen LogP contribution in [0, 0.1) is 5.92 Å². The number of hydrogen-bond acceptors (Lipinski definition) is 4. The Morgan fingerprint density at radius 1 is 1.15 bits per heavy atom. The maximum absolute atomic E-state index is 12.2. The summed E-state index contributed by atoms with van der Waals surface area (Å²) in [6, 6.07) is 5.55. The number of phenolic OH excluding ortho intramolecular Hbond substituents is 1.